The SMILES string of the molecule is C=C(C(=O)[C@H](OC(C)=O)[C@@H](C)[C@H]1[C@@H](OC(C)=O)C[C@@]2(C)[C@@H]3CC[C@H]4[C@H](C)/C(=N/O)C=C[C@@]45C[C@@]35CC[C@]12C)[C@@H](C)CO.C=C(C(=O)[C@H](OC(C)=O)[C@@H](C)[C@H]1[C@@H](OC(C)=O)C[C@@]2(C)[C@@H]3CC[C@H]4[C@H](C)/C(=N\O)C=C[C@@]45C[C@@]35CC[C@]12C)[C@@H](C)CO. The van der Waals surface area contributed by atoms with E-state index < -0.39 is 60.0 Å². The van der Waals surface area contributed by atoms with Crippen LogP contribution < -0.4 is 0 Å². The fraction of sp³-hybridized carbons (Fsp3) is 0.765. The monoisotopic (exact) mass is 1170 g/mol. The minimum absolute atomic E-state index is 0.100. The summed E-state index contributed by atoms with van der Waals surface area (Å²) >= 11 is 0. The number of Topliss-reactive ketones (excluding diaryl/α,β-unsaturated/α-hetero) is 2. The molecule has 10 aliphatic carbocycles. The van der Waals surface area contributed by atoms with Crippen molar-refractivity contribution in [1.82, 2.24) is 0 Å². The molecule has 0 aromatic rings. The summed E-state index contributed by atoms with van der Waals surface area (Å²) in [7, 11) is 0. The quantitative estimate of drug-likeness (QED) is 0.0369. The number of oxime groups is 2. The van der Waals surface area contributed by atoms with E-state index in [1.165, 1.54) is 27.7 Å². The second kappa shape index (κ2) is 22.0. The molecule has 8 fully saturated rings. The van der Waals surface area contributed by atoms with Crippen molar-refractivity contribution in [3.05, 3.63) is 48.6 Å². The smallest absolute Gasteiger partial charge is 0.303 e. The minimum Gasteiger partial charge on any atom is -0.462 e. The van der Waals surface area contributed by atoms with Crippen molar-refractivity contribution in [1.29, 1.82) is 0 Å². The Bertz CT molecular complexity index is 2670. The maximum Gasteiger partial charge on any atom is 0.303 e. The third kappa shape index (κ3) is 9.12. The molecule has 84 heavy (non-hydrogen) atoms. The van der Waals surface area contributed by atoms with E-state index in [4.69, 9.17) is 18.9 Å². The largest absolute Gasteiger partial charge is 0.462 e. The molecule has 0 amide bonds. The van der Waals surface area contributed by atoms with Gasteiger partial charge in [0.15, 0.2) is 23.8 Å². The molecule has 0 aromatic carbocycles. The van der Waals surface area contributed by atoms with Crippen LogP contribution in [0, 0.1) is 114 Å². The first-order valence-electron chi connectivity index (χ1n) is 31.5. The van der Waals surface area contributed by atoms with Gasteiger partial charge in [0.05, 0.1) is 11.4 Å². The van der Waals surface area contributed by atoms with Crippen LogP contribution in [-0.4, -0.2) is 105 Å². The van der Waals surface area contributed by atoms with Crippen LogP contribution in [0.5, 0.6) is 0 Å². The Kier molecular flexibility index (Phi) is 16.7. The Morgan fingerprint density at radius 1 is 0.560 bits per heavy atom. The van der Waals surface area contributed by atoms with Crippen molar-refractivity contribution in [3.63, 3.8) is 0 Å². The fourth-order valence-electron chi connectivity index (χ4n) is 22.2. The van der Waals surface area contributed by atoms with E-state index in [1.54, 1.807) is 13.8 Å². The number of aliphatic hydroxyl groups is 2. The normalized spacial score (nSPS) is 44.5. The molecule has 0 bridgehead atoms. The Labute approximate surface area is 498 Å². The topological polar surface area (TPSA) is 245 Å². The zero-order chi connectivity index (χ0) is 62.0. The summed E-state index contributed by atoms with van der Waals surface area (Å²) in [6, 6.07) is 0. The molecule has 24 atom stereocenters. The summed E-state index contributed by atoms with van der Waals surface area (Å²) in [6.45, 7) is 34.0. The van der Waals surface area contributed by atoms with Gasteiger partial charge in [0, 0.05) is 88.3 Å². The van der Waals surface area contributed by atoms with E-state index in [2.05, 4.69) is 77.2 Å². The highest BCUT2D eigenvalue weighted by atomic mass is 16.6. The molecule has 10 aliphatic rings. The molecule has 0 heterocycles. The summed E-state index contributed by atoms with van der Waals surface area (Å²) in [4.78, 5) is 77.0. The summed E-state index contributed by atoms with van der Waals surface area (Å²) in [5.74, 6) is -2.66. The van der Waals surface area contributed by atoms with Gasteiger partial charge in [-0.2, -0.15) is 0 Å². The van der Waals surface area contributed by atoms with Crippen molar-refractivity contribution in [2.24, 2.45) is 125 Å². The third-order valence-electron chi connectivity index (χ3n) is 26.5. The first kappa shape index (κ1) is 63.5. The van der Waals surface area contributed by atoms with Gasteiger partial charge in [-0.3, -0.25) is 28.8 Å². The van der Waals surface area contributed by atoms with Crippen molar-refractivity contribution in [2.75, 3.05) is 13.2 Å². The van der Waals surface area contributed by atoms with Crippen LogP contribution in [0.4, 0.5) is 0 Å². The number of ether oxygens (including phenoxy) is 4. The Morgan fingerprint density at radius 3 is 1.20 bits per heavy atom. The molecule has 0 unspecified atom stereocenters. The number of nitrogens with zero attached hydrogens (tertiary/aromatic N) is 2. The van der Waals surface area contributed by atoms with Crippen molar-refractivity contribution in [2.45, 2.75) is 198 Å². The first-order chi connectivity index (χ1) is 39.3. The highest BCUT2D eigenvalue weighted by molar-refractivity contribution is 6.01. The number of hydrogen-bond acceptors (Lipinski definition) is 16. The number of carbonyl (C=O) groups excluding carboxylic acids is 6. The first-order valence-corrected chi connectivity index (χ1v) is 31.5. The van der Waals surface area contributed by atoms with Crippen molar-refractivity contribution in [3.8, 4) is 0 Å². The van der Waals surface area contributed by atoms with E-state index in [1.807, 2.05) is 26.0 Å². The average molecular weight is 1170 g/mol. The van der Waals surface area contributed by atoms with Gasteiger partial charge in [-0.15, -0.1) is 0 Å². The van der Waals surface area contributed by atoms with Crippen molar-refractivity contribution < 1.29 is 68.3 Å². The lowest BCUT2D eigenvalue weighted by Crippen LogP contribution is -2.56. The minimum atomic E-state index is -1.08. The summed E-state index contributed by atoms with van der Waals surface area (Å²) < 4.78 is 23.7. The zero-order valence-corrected chi connectivity index (χ0v) is 52.6. The molecular formula is C68H98N2O14. The number of esters is 4. The van der Waals surface area contributed by atoms with Gasteiger partial charge in [-0.05, 0) is 167 Å². The maximum atomic E-state index is 13.7. The lowest BCUT2D eigenvalue weighted by atomic mass is 9.43. The van der Waals surface area contributed by atoms with Gasteiger partial charge in [0.25, 0.3) is 0 Å². The van der Waals surface area contributed by atoms with Crippen LogP contribution in [0.1, 0.15) is 174 Å². The molecule has 0 aliphatic heterocycles. The Balaban J connectivity index is 0.000000202. The average Bonchev–Trinajstić information content (AvgIpc) is 1.48. The number of carbonyl (C=O) groups is 6. The van der Waals surface area contributed by atoms with E-state index in [-0.39, 0.29) is 115 Å². The van der Waals surface area contributed by atoms with Gasteiger partial charge in [-0.1, -0.05) is 105 Å². The molecule has 464 valence electrons. The molecule has 0 aromatic heterocycles. The van der Waals surface area contributed by atoms with E-state index in [0.29, 0.717) is 36.5 Å². The van der Waals surface area contributed by atoms with E-state index in [0.717, 1.165) is 75.6 Å². The van der Waals surface area contributed by atoms with Crippen LogP contribution in [0.2, 0.25) is 0 Å². The molecule has 0 radical (unpaired) electrons. The predicted molar refractivity (Wildman–Crippen MR) is 315 cm³/mol. The van der Waals surface area contributed by atoms with Crippen LogP contribution >= 0.6 is 0 Å². The second-order valence-electron chi connectivity index (χ2n) is 29.7. The van der Waals surface area contributed by atoms with Crippen molar-refractivity contribution >= 4 is 46.9 Å². The molecular weight excluding hydrogens is 1070 g/mol. The third-order valence-corrected chi connectivity index (χ3v) is 26.5. The zero-order valence-electron chi connectivity index (χ0n) is 52.6. The van der Waals surface area contributed by atoms with Gasteiger partial charge >= 0.3 is 23.9 Å². The summed E-state index contributed by atoms with van der Waals surface area (Å²) in [5, 5.41) is 45.8. The molecule has 8 saturated carbocycles. The number of fused-ring (bicyclic) bond motifs is 4. The Hall–Kier alpha value is -4.96. The van der Waals surface area contributed by atoms with Crippen LogP contribution in [0.3, 0.4) is 0 Å². The van der Waals surface area contributed by atoms with Gasteiger partial charge < -0.3 is 39.6 Å². The van der Waals surface area contributed by atoms with E-state index >= 15 is 0 Å². The van der Waals surface area contributed by atoms with Crippen LogP contribution in [0.25, 0.3) is 0 Å². The number of rotatable bonds is 16. The van der Waals surface area contributed by atoms with Crippen LogP contribution in [0.15, 0.2) is 58.9 Å². The van der Waals surface area contributed by atoms with Gasteiger partial charge in [-0.25, -0.2) is 0 Å². The number of aliphatic hydroxyl groups excluding tert-OH is 2. The number of hydrogen-bond donors (Lipinski definition) is 4. The highest BCUT2D eigenvalue weighted by Gasteiger charge is 2.83. The lowest BCUT2D eigenvalue weighted by molar-refractivity contribution is -0.166. The standard InChI is InChI=1S/2C34H49NO7/c2*1-18(16-36)19(2)29(39)30(42-23(6)38)21(4)28-26(41-22(5)37)15-32(8)27-10-9-24-20(3)25(35-40)11-12-33(24)17-34(27,33)14-13-31(28,32)7/h2*11-12,18,20-21,24,26-28,30,36,40H,2,9-10,13-17H2,1,3-8H3/b35-25+;35-25-/t2*18-,20-,21-,24-,26-,27-,28-,30+,31+,32-,33+,34-/m00/s1. The van der Waals surface area contributed by atoms with Crippen LogP contribution in [-0.2, 0) is 47.7 Å². The van der Waals surface area contributed by atoms with E-state index in [9.17, 15) is 49.4 Å². The summed E-state index contributed by atoms with van der Waals surface area (Å²) in [5.41, 5.74) is 1.63. The molecule has 10 rings (SSSR count). The molecule has 16 heteroatoms. The van der Waals surface area contributed by atoms with Gasteiger partial charge in [0.2, 0.25) is 0 Å². The number of ketones is 2. The lowest BCUT2D eigenvalue weighted by Gasteiger charge is -2.61. The molecule has 4 spiro atoms. The molecule has 16 nitrogen and oxygen atoms in total. The Morgan fingerprint density at radius 2 is 0.905 bits per heavy atom. The predicted octanol–water partition coefficient (Wildman–Crippen LogP) is 11.0. The maximum absolute atomic E-state index is 13.7. The molecule has 4 N–H and O–H groups in total. The summed E-state index contributed by atoms with van der Waals surface area (Å²) in [6.07, 6.45) is 17.5. The molecule has 0 saturated heterocycles. The second-order valence-corrected chi connectivity index (χ2v) is 29.7. The number of allylic oxidation sites excluding steroid dienone is 4. The van der Waals surface area contributed by atoms with Gasteiger partial charge in [0.1, 0.15) is 12.2 Å². The fourth-order valence-corrected chi connectivity index (χ4v) is 22.2. The highest BCUT2D eigenvalue weighted by Crippen LogP contribution is 2.89.